The maximum atomic E-state index is 2.54. The van der Waals surface area contributed by atoms with Crippen LogP contribution in [0.15, 0.2) is 60.7 Å². The van der Waals surface area contributed by atoms with Gasteiger partial charge in [0.1, 0.15) is 0 Å². The number of benzene rings is 4. The molecule has 0 saturated heterocycles. The van der Waals surface area contributed by atoms with Crippen molar-refractivity contribution in [3.8, 4) is 0 Å². The molecule has 4 aromatic carbocycles. The number of unbranched alkanes of at least 4 members (excludes halogenated alkanes) is 2. The summed E-state index contributed by atoms with van der Waals surface area (Å²) < 4.78 is 5.88. The van der Waals surface area contributed by atoms with Gasteiger partial charge >= 0.3 is 0 Å². The van der Waals surface area contributed by atoms with E-state index in [0.717, 1.165) is 23.7 Å². The first-order valence-corrected chi connectivity index (χ1v) is 19.6. The SMILES string of the molecule is CCCCC1CCC(c2ccc3c(ccc4sc5c(sc6ccc7cc(C8CCC(CCCC)CC8)ccc7c65)c43)c2)CC1. The minimum atomic E-state index is 0.743. The Balaban J connectivity index is 1.11. The minimum absolute atomic E-state index is 0.743. The van der Waals surface area contributed by atoms with E-state index in [-0.39, 0.29) is 0 Å². The van der Waals surface area contributed by atoms with Gasteiger partial charge in [-0.15, -0.1) is 22.7 Å². The third-order valence-electron chi connectivity index (χ3n) is 11.7. The molecule has 2 heteroatoms. The molecule has 0 nitrogen and oxygen atoms in total. The van der Waals surface area contributed by atoms with Crippen LogP contribution in [0.4, 0.5) is 0 Å². The first-order chi connectivity index (χ1) is 21.7. The molecule has 2 aromatic heterocycles. The Labute approximate surface area is 271 Å². The molecule has 0 atom stereocenters. The fraction of sp³-hybridized carbons (Fsp3) is 0.476. The number of hydrogen-bond acceptors (Lipinski definition) is 2. The van der Waals surface area contributed by atoms with Gasteiger partial charge in [-0.3, -0.25) is 0 Å². The lowest BCUT2D eigenvalue weighted by Crippen LogP contribution is -2.13. The molecular weight excluding hydrogens is 569 g/mol. The van der Waals surface area contributed by atoms with E-state index in [4.69, 9.17) is 0 Å². The van der Waals surface area contributed by atoms with Crippen molar-refractivity contribution in [3.63, 3.8) is 0 Å². The molecule has 0 unspecified atom stereocenters. The summed E-state index contributed by atoms with van der Waals surface area (Å²) in [6, 6.07) is 24.6. The van der Waals surface area contributed by atoms with Gasteiger partial charge in [-0.2, -0.15) is 0 Å². The molecule has 44 heavy (non-hydrogen) atoms. The highest BCUT2D eigenvalue weighted by atomic mass is 32.1. The van der Waals surface area contributed by atoms with Crippen LogP contribution in [0.5, 0.6) is 0 Å². The van der Waals surface area contributed by atoms with E-state index in [1.807, 2.05) is 22.7 Å². The van der Waals surface area contributed by atoms with Gasteiger partial charge in [0, 0.05) is 20.2 Å². The minimum Gasteiger partial charge on any atom is -0.134 e. The van der Waals surface area contributed by atoms with Gasteiger partial charge < -0.3 is 0 Å². The Kier molecular flexibility index (Phi) is 8.18. The topological polar surface area (TPSA) is 0 Å². The lowest BCUT2D eigenvalue weighted by atomic mass is 9.77. The quantitative estimate of drug-likeness (QED) is 0.160. The van der Waals surface area contributed by atoms with Crippen LogP contribution in [-0.2, 0) is 0 Å². The predicted molar refractivity (Wildman–Crippen MR) is 198 cm³/mol. The van der Waals surface area contributed by atoms with Crippen molar-refractivity contribution in [2.75, 3.05) is 0 Å². The second-order valence-corrected chi connectivity index (χ2v) is 16.5. The lowest BCUT2D eigenvalue weighted by Gasteiger charge is -2.29. The molecule has 2 aliphatic carbocycles. The molecule has 0 aliphatic heterocycles. The largest absolute Gasteiger partial charge is 0.134 e. The van der Waals surface area contributed by atoms with Crippen LogP contribution in [0, 0.1) is 11.8 Å². The van der Waals surface area contributed by atoms with E-state index in [9.17, 15) is 0 Å². The summed E-state index contributed by atoms with van der Waals surface area (Å²) in [6.45, 7) is 4.66. The maximum absolute atomic E-state index is 2.54. The maximum Gasteiger partial charge on any atom is 0.0548 e. The first-order valence-electron chi connectivity index (χ1n) is 17.9. The number of rotatable bonds is 8. The van der Waals surface area contributed by atoms with Crippen molar-refractivity contribution in [2.24, 2.45) is 11.8 Å². The van der Waals surface area contributed by atoms with Crippen LogP contribution < -0.4 is 0 Å². The van der Waals surface area contributed by atoms with Crippen LogP contribution in [0.2, 0.25) is 0 Å². The molecule has 8 rings (SSSR count). The summed E-state index contributed by atoms with van der Waals surface area (Å²) >= 11 is 4.03. The number of thiophene rings is 2. The standard InChI is InChI=1S/C42H48S2/c1-3-5-7-27-9-13-29(14-10-27)31-17-21-35-33(25-31)19-23-37-39(35)41-42(43-37)40-36-22-18-32(26-34(36)20-24-38(40)44-41)30-15-11-28(12-16-30)8-6-4-2/h17-30H,3-16H2,1-2H3. The van der Waals surface area contributed by atoms with Crippen molar-refractivity contribution >= 4 is 73.8 Å². The molecule has 2 aliphatic rings. The normalized spacial score (nSPS) is 23.0. The van der Waals surface area contributed by atoms with E-state index in [1.54, 1.807) is 11.1 Å². The zero-order chi connectivity index (χ0) is 29.6. The highest BCUT2D eigenvalue weighted by Crippen LogP contribution is 2.49. The summed E-state index contributed by atoms with van der Waals surface area (Å²) in [5, 5.41) is 8.73. The number of hydrogen-bond donors (Lipinski definition) is 0. The van der Waals surface area contributed by atoms with Crippen LogP contribution in [-0.4, -0.2) is 0 Å². The van der Waals surface area contributed by atoms with Gasteiger partial charge in [0.2, 0.25) is 0 Å². The molecule has 0 radical (unpaired) electrons. The van der Waals surface area contributed by atoms with Crippen molar-refractivity contribution < 1.29 is 0 Å². The summed E-state index contributed by atoms with van der Waals surface area (Å²) in [4.78, 5) is 0. The van der Waals surface area contributed by atoms with Crippen LogP contribution in [0.25, 0.3) is 51.1 Å². The second kappa shape index (κ2) is 12.4. The van der Waals surface area contributed by atoms with Crippen LogP contribution in [0.3, 0.4) is 0 Å². The first kappa shape index (κ1) is 29.0. The van der Waals surface area contributed by atoms with E-state index in [0.29, 0.717) is 0 Å². The Morgan fingerprint density at radius 1 is 0.523 bits per heavy atom. The molecule has 0 spiro atoms. The van der Waals surface area contributed by atoms with E-state index < -0.39 is 0 Å². The predicted octanol–water partition coefficient (Wildman–Crippen LogP) is 14.5. The van der Waals surface area contributed by atoms with E-state index in [2.05, 4.69) is 74.5 Å². The van der Waals surface area contributed by atoms with E-state index in [1.165, 1.54) is 141 Å². The Hall–Kier alpha value is -2.42. The molecular formula is C42H48S2. The van der Waals surface area contributed by atoms with Crippen LogP contribution >= 0.6 is 22.7 Å². The fourth-order valence-corrected chi connectivity index (χ4v) is 11.8. The van der Waals surface area contributed by atoms with Crippen molar-refractivity contribution in [1.82, 2.24) is 0 Å². The third kappa shape index (κ3) is 5.28. The molecule has 2 heterocycles. The average molecular weight is 617 g/mol. The van der Waals surface area contributed by atoms with Gasteiger partial charge in [-0.05, 0) is 120 Å². The Morgan fingerprint density at radius 2 is 0.955 bits per heavy atom. The molecule has 2 fully saturated rings. The Morgan fingerprint density at radius 3 is 1.36 bits per heavy atom. The van der Waals surface area contributed by atoms with Gasteiger partial charge in [-0.25, -0.2) is 0 Å². The molecule has 0 bridgehead atoms. The zero-order valence-electron chi connectivity index (χ0n) is 26.8. The lowest BCUT2D eigenvalue weighted by molar-refractivity contribution is 0.304. The van der Waals surface area contributed by atoms with Gasteiger partial charge in [0.25, 0.3) is 0 Å². The van der Waals surface area contributed by atoms with Gasteiger partial charge in [0.05, 0.1) is 9.40 Å². The summed E-state index contributed by atoms with van der Waals surface area (Å²) in [5.74, 6) is 3.42. The molecule has 228 valence electrons. The summed E-state index contributed by atoms with van der Waals surface area (Å²) in [6.07, 6.45) is 19.5. The molecule has 0 amide bonds. The second-order valence-electron chi connectivity index (χ2n) is 14.4. The highest BCUT2D eigenvalue weighted by molar-refractivity contribution is 7.37. The van der Waals surface area contributed by atoms with Crippen molar-refractivity contribution in [1.29, 1.82) is 0 Å². The smallest absolute Gasteiger partial charge is 0.0548 e. The zero-order valence-corrected chi connectivity index (χ0v) is 28.4. The van der Waals surface area contributed by atoms with Crippen LogP contribution in [0.1, 0.15) is 127 Å². The summed E-state index contributed by atoms with van der Waals surface area (Å²) in [7, 11) is 0. The highest BCUT2D eigenvalue weighted by Gasteiger charge is 2.24. The molecule has 2 saturated carbocycles. The third-order valence-corrected chi connectivity index (χ3v) is 14.1. The van der Waals surface area contributed by atoms with Gasteiger partial charge in [0.15, 0.2) is 0 Å². The van der Waals surface area contributed by atoms with Gasteiger partial charge in [-0.1, -0.05) is 101 Å². The fourth-order valence-electron chi connectivity index (χ4n) is 9.00. The summed E-state index contributed by atoms with van der Waals surface area (Å²) in [5.41, 5.74) is 3.15. The van der Waals surface area contributed by atoms with E-state index >= 15 is 0 Å². The number of fused-ring (bicyclic) bond motifs is 9. The molecule has 0 N–H and O–H groups in total. The van der Waals surface area contributed by atoms with Crippen molar-refractivity contribution in [2.45, 2.75) is 116 Å². The monoisotopic (exact) mass is 616 g/mol. The molecule has 6 aromatic rings. The Bertz CT molecular complexity index is 1780. The average Bonchev–Trinajstić information content (AvgIpc) is 3.62. The van der Waals surface area contributed by atoms with Crippen molar-refractivity contribution in [3.05, 3.63) is 71.8 Å².